The van der Waals surface area contributed by atoms with Crippen LogP contribution in [-0.4, -0.2) is 53.8 Å². The molecule has 0 bridgehead atoms. The van der Waals surface area contributed by atoms with Gasteiger partial charge >= 0.3 is 5.97 Å². The fraction of sp³-hybridized carbons (Fsp3) is 0.448. The highest BCUT2D eigenvalue weighted by Gasteiger charge is 2.36. The Labute approximate surface area is 226 Å². The zero-order valence-electron chi connectivity index (χ0n) is 21.8. The zero-order chi connectivity index (χ0) is 27.9. The minimum Gasteiger partial charge on any atom is -0.467 e. The first kappa shape index (κ1) is 28.2. The molecule has 1 aliphatic heterocycles. The molecular weight excluding hydrogens is 508 g/mol. The van der Waals surface area contributed by atoms with Crippen LogP contribution in [0, 0.1) is 17.6 Å². The predicted molar refractivity (Wildman–Crippen MR) is 138 cm³/mol. The number of carbonyl (C=O) groups excluding carboxylic acids is 4. The van der Waals surface area contributed by atoms with E-state index < -0.39 is 47.5 Å². The molecule has 39 heavy (non-hydrogen) atoms. The molecule has 1 saturated heterocycles. The minimum atomic E-state index is -1.02. The molecule has 3 amide bonds. The first-order valence-electron chi connectivity index (χ1n) is 13.2. The van der Waals surface area contributed by atoms with E-state index in [-0.39, 0.29) is 37.3 Å². The van der Waals surface area contributed by atoms with Gasteiger partial charge in [0.05, 0.1) is 7.11 Å². The van der Waals surface area contributed by atoms with Gasteiger partial charge in [0.15, 0.2) is 11.6 Å². The van der Waals surface area contributed by atoms with Gasteiger partial charge in [-0.25, -0.2) is 13.6 Å². The van der Waals surface area contributed by atoms with Crippen LogP contribution in [0.2, 0.25) is 0 Å². The molecule has 0 spiro atoms. The first-order valence-corrected chi connectivity index (χ1v) is 13.2. The summed E-state index contributed by atoms with van der Waals surface area (Å²) in [5.41, 5.74) is 0.880. The molecule has 1 heterocycles. The van der Waals surface area contributed by atoms with E-state index in [2.05, 4.69) is 10.6 Å². The summed E-state index contributed by atoms with van der Waals surface area (Å²) in [5.74, 6) is -3.47. The number of nitrogens with one attached hydrogen (secondary N) is 2. The van der Waals surface area contributed by atoms with Crippen molar-refractivity contribution in [3.05, 3.63) is 71.3 Å². The second kappa shape index (κ2) is 12.8. The van der Waals surface area contributed by atoms with Crippen molar-refractivity contribution in [1.29, 1.82) is 0 Å². The van der Waals surface area contributed by atoms with E-state index in [1.54, 1.807) is 0 Å². The van der Waals surface area contributed by atoms with Crippen LogP contribution in [0.1, 0.15) is 49.7 Å². The summed E-state index contributed by atoms with van der Waals surface area (Å²) in [6.45, 7) is -0.146. The molecule has 3 atom stereocenters. The molecule has 2 N–H and O–H groups in total. The highest BCUT2D eigenvalue weighted by atomic mass is 19.2. The topological polar surface area (TPSA) is 105 Å². The summed E-state index contributed by atoms with van der Waals surface area (Å²) in [6.07, 6.45) is 3.08. The van der Waals surface area contributed by atoms with E-state index in [0.717, 1.165) is 24.5 Å². The predicted octanol–water partition coefficient (Wildman–Crippen LogP) is 3.03. The number of methoxy groups -OCH3 is 1. The van der Waals surface area contributed by atoms with Gasteiger partial charge in [0.1, 0.15) is 12.1 Å². The van der Waals surface area contributed by atoms with E-state index in [1.165, 1.54) is 24.1 Å². The van der Waals surface area contributed by atoms with Crippen LogP contribution < -0.4 is 10.6 Å². The van der Waals surface area contributed by atoms with E-state index in [1.807, 2.05) is 30.3 Å². The van der Waals surface area contributed by atoms with Crippen LogP contribution in [0.3, 0.4) is 0 Å². The van der Waals surface area contributed by atoms with Crippen molar-refractivity contribution in [1.82, 2.24) is 15.5 Å². The second-order valence-corrected chi connectivity index (χ2v) is 10.2. The molecule has 4 rings (SSSR count). The average molecular weight is 542 g/mol. The zero-order valence-corrected chi connectivity index (χ0v) is 21.8. The van der Waals surface area contributed by atoms with Gasteiger partial charge in [-0.15, -0.1) is 0 Å². The molecular formula is C29H33F2N3O5. The highest BCUT2D eigenvalue weighted by Crippen LogP contribution is 2.34. The number of esters is 1. The Morgan fingerprint density at radius 1 is 1.00 bits per heavy atom. The molecule has 2 aromatic rings. The fourth-order valence-corrected chi connectivity index (χ4v) is 4.92. The number of rotatable bonds is 12. The maximum absolute atomic E-state index is 14.2. The highest BCUT2D eigenvalue weighted by molar-refractivity contribution is 5.91. The number of carbonyl (C=O) groups is 4. The lowest BCUT2D eigenvalue weighted by Gasteiger charge is -2.26. The lowest BCUT2D eigenvalue weighted by Crippen LogP contribution is -2.53. The van der Waals surface area contributed by atoms with Gasteiger partial charge in [-0.1, -0.05) is 55.3 Å². The summed E-state index contributed by atoms with van der Waals surface area (Å²) < 4.78 is 32.8. The van der Waals surface area contributed by atoms with Crippen molar-refractivity contribution in [3.8, 4) is 0 Å². The van der Waals surface area contributed by atoms with Crippen molar-refractivity contribution in [3.63, 3.8) is 0 Å². The van der Waals surface area contributed by atoms with Crippen molar-refractivity contribution in [2.45, 2.75) is 69.6 Å². The maximum Gasteiger partial charge on any atom is 0.328 e. The summed E-state index contributed by atoms with van der Waals surface area (Å²) in [5, 5.41) is 5.52. The van der Waals surface area contributed by atoms with Gasteiger partial charge in [-0.2, -0.15) is 0 Å². The molecule has 10 heteroatoms. The van der Waals surface area contributed by atoms with Crippen LogP contribution in [0.25, 0.3) is 0 Å². The van der Waals surface area contributed by atoms with Crippen LogP contribution >= 0.6 is 0 Å². The van der Waals surface area contributed by atoms with Crippen molar-refractivity contribution < 1.29 is 32.7 Å². The Balaban J connectivity index is 1.40. The third kappa shape index (κ3) is 7.61. The number of halogens is 2. The van der Waals surface area contributed by atoms with Gasteiger partial charge in [-0.3, -0.25) is 14.4 Å². The standard InChI is InChI=1S/C29H33F2N3O5/c1-39-29(38)24(15-18-6-3-2-4-7-18)33-28(37)23(14-19-10-11-19)32-25(35)16-21-12-13-26(36)34(21)17-20-8-5-9-22(30)27(20)31/h2-9,19,21,23-24H,10-17H2,1H3,(H,32,35)(H,33,37)/t21-,23-,24+/m0/s1. The largest absolute Gasteiger partial charge is 0.467 e. The van der Waals surface area contributed by atoms with E-state index in [4.69, 9.17) is 4.74 Å². The second-order valence-electron chi connectivity index (χ2n) is 10.2. The van der Waals surface area contributed by atoms with Gasteiger partial charge < -0.3 is 20.3 Å². The summed E-state index contributed by atoms with van der Waals surface area (Å²) in [7, 11) is 1.25. The Morgan fingerprint density at radius 3 is 2.44 bits per heavy atom. The Morgan fingerprint density at radius 2 is 1.74 bits per heavy atom. The lowest BCUT2D eigenvalue weighted by atomic mass is 10.0. The van der Waals surface area contributed by atoms with Crippen LogP contribution in [0.5, 0.6) is 0 Å². The molecule has 0 aromatic heterocycles. The van der Waals surface area contributed by atoms with Crippen molar-refractivity contribution >= 4 is 23.7 Å². The third-order valence-electron chi connectivity index (χ3n) is 7.25. The smallest absolute Gasteiger partial charge is 0.328 e. The molecule has 2 aromatic carbocycles. The Kier molecular flexibility index (Phi) is 9.27. The van der Waals surface area contributed by atoms with E-state index in [9.17, 15) is 28.0 Å². The molecule has 2 aliphatic rings. The van der Waals surface area contributed by atoms with Crippen LogP contribution in [-0.2, 0) is 36.9 Å². The van der Waals surface area contributed by atoms with Crippen LogP contribution in [0.4, 0.5) is 8.78 Å². The SMILES string of the molecule is COC(=O)[C@@H](Cc1ccccc1)NC(=O)[C@H](CC1CC1)NC(=O)C[C@@H]1CCC(=O)N1Cc1cccc(F)c1F. The normalized spacial score (nSPS) is 18.4. The number of amides is 3. The van der Waals surface area contributed by atoms with Crippen molar-refractivity contribution in [2.24, 2.45) is 5.92 Å². The molecule has 0 unspecified atom stereocenters. The molecule has 1 saturated carbocycles. The van der Waals surface area contributed by atoms with E-state index in [0.29, 0.717) is 18.8 Å². The fourth-order valence-electron chi connectivity index (χ4n) is 4.92. The minimum absolute atomic E-state index is 0.0360. The number of ether oxygens (including phenoxy) is 1. The first-order chi connectivity index (χ1) is 18.7. The van der Waals surface area contributed by atoms with E-state index >= 15 is 0 Å². The molecule has 8 nitrogen and oxygen atoms in total. The Bertz CT molecular complexity index is 1200. The molecule has 0 radical (unpaired) electrons. The van der Waals surface area contributed by atoms with Gasteiger partial charge in [0, 0.05) is 37.4 Å². The number of nitrogens with zero attached hydrogens (tertiary/aromatic N) is 1. The van der Waals surface area contributed by atoms with Crippen LogP contribution in [0.15, 0.2) is 48.5 Å². The molecule has 1 aliphatic carbocycles. The quantitative estimate of drug-likeness (QED) is 0.402. The maximum atomic E-state index is 14.2. The third-order valence-corrected chi connectivity index (χ3v) is 7.25. The summed E-state index contributed by atoms with van der Waals surface area (Å²) in [4.78, 5) is 52.6. The number of hydrogen-bond donors (Lipinski definition) is 2. The summed E-state index contributed by atoms with van der Waals surface area (Å²) >= 11 is 0. The number of hydrogen-bond acceptors (Lipinski definition) is 5. The monoisotopic (exact) mass is 541 g/mol. The number of benzene rings is 2. The van der Waals surface area contributed by atoms with Gasteiger partial charge in [0.2, 0.25) is 17.7 Å². The Hall–Kier alpha value is -3.82. The average Bonchev–Trinajstić information content (AvgIpc) is 3.69. The molecule has 2 fully saturated rings. The summed E-state index contributed by atoms with van der Waals surface area (Å²) in [6, 6.07) is 10.7. The van der Waals surface area contributed by atoms with Gasteiger partial charge in [0.25, 0.3) is 0 Å². The van der Waals surface area contributed by atoms with Crippen molar-refractivity contribution in [2.75, 3.05) is 7.11 Å². The number of likely N-dealkylation sites (tertiary alicyclic amines) is 1. The molecule has 208 valence electrons. The lowest BCUT2D eigenvalue weighted by molar-refractivity contribution is -0.145. The van der Waals surface area contributed by atoms with Gasteiger partial charge in [-0.05, 0) is 30.4 Å².